The van der Waals surface area contributed by atoms with E-state index in [1.807, 2.05) is 65.1 Å². The normalized spacial score (nSPS) is 12.3. The molecule has 0 fully saturated rings. The van der Waals surface area contributed by atoms with E-state index in [1.165, 1.54) is 99.9 Å². The van der Waals surface area contributed by atoms with Crippen molar-refractivity contribution in [1.82, 2.24) is 0 Å². The predicted octanol–water partition coefficient (Wildman–Crippen LogP) is 29.4. The Hall–Kier alpha value is -13.9. The van der Waals surface area contributed by atoms with E-state index in [-0.39, 0.29) is 10.9 Å². The molecule has 4 heterocycles. The molecule has 0 bridgehead atoms. The molecule has 0 aliphatic carbocycles. The Bertz CT molecular complexity index is 8120. The molecule has 0 amide bonds. The highest BCUT2D eigenvalue weighted by atomic mass is 32.1. The Morgan fingerprint density at radius 2 is 0.536 bits per heavy atom. The average Bonchev–Trinajstić information content (AvgIpc) is 1.53. The molecule has 0 N–H and O–H groups in total. The van der Waals surface area contributed by atoms with Gasteiger partial charge in [-0.15, -0.1) is 22.7 Å². The van der Waals surface area contributed by atoms with Gasteiger partial charge in [-0.1, -0.05) is 303 Å². The van der Waals surface area contributed by atoms with Crippen LogP contribution in [0.4, 0.5) is 0 Å². The lowest BCUT2D eigenvalue weighted by molar-refractivity contribution is 0.670. The van der Waals surface area contributed by atoms with Crippen LogP contribution < -0.4 is 10.9 Å². The number of para-hydroxylation sites is 2. The van der Waals surface area contributed by atoms with Gasteiger partial charge in [0.15, 0.2) is 10.9 Å². The fraction of sp³-hybridized carbons (Fsp3) is 0. The SMILES string of the molecule is O=c1c2c(-c3cccc4c3sc3ccccc34)ccc3c4ccccc4c4ccc(-c5cccc6c5sc5ccccc56)c1c4c23.O=c1c2cccc3c4ccc(-c5cccc6c5oc5ccccc56)cc4c4cccc1c4c23.c1ccc(-c2ccc3c4ccccc4c4ccc(-c5ccccc5)c5oc2c3c54)cc1. The molecule has 4 nitrogen and oxygen atoms in total. The van der Waals surface area contributed by atoms with Crippen molar-refractivity contribution in [2.45, 2.75) is 0 Å². The molecule has 0 unspecified atom stereocenters. The highest BCUT2D eigenvalue weighted by Gasteiger charge is 2.28. The van der Waals surface area contributed by atoms with E-state index in [2.05, 4.69) is 297 Å². The molecule has 26 aromatic rings. The summed E-state index contributed by atoms with van der Waals surface area (Å²) in [6.45, 7) is 0. The zero-order valence-corrected chi connectivity index (χ0v) is 60.4. The van der Waals surface area contributed by atoms with Gasteiger partial charge in [-0.25, -0.2) is 0 Å². The largest absolute Gasteiger partial charge is 0.455 e. The van der Waals surface area contributed by atoms with Crippen LogP contribution in [0, 0.1) is 0 Å². The van der Waals surface area contributed by atoms with Gasteiger partial charge in [-0.05, 0) is 129 Å². The van der Waals surface area contributed by atoms with Gasteiger partial charge in [0, 0.05) is 133 Å². The summed E-state index contributed by atoms with van der Waals surface area (Å²) in [5.41, 5.74) is 15.1. The van der Waals surface area contributed by atoms with Crippen molar-refractivity contribution in [2.75, 3.05) is 0 Å². The first-order valence-corrected chi connectivity index (χ1v) is 39.0. The standard InChI is InChI=1S/C43H22OS2.C31H16O2.C30H18O/c44-41-39-29(33-15-7-13-31-25-11-3-5-17-35(25)45-42(31)33)21-19-27-23-9-1-2-10-24(23)28-20-22-30(40(41)38(28)37(27)39)34-16-8-14-32-26-12-4-6-18-36(26)46-43(32)34;32-30-24-11-4-8-21-19-15-14-17(16-26(19)22-9-5-12-25(30)29(22)28(21)24)18-7-3-10-23-20-6-1-2-13-27(20)33-31(18)23;1-3-9-19(10-4-1)21-15-17-25-23-13-7-8-14-24(23)26-18-16-22(20-11-5-2-6-12-20)30-28(26)27(25)29(21)31-30/h1-22H;1-16H;1-18H. The number of furan rings is 2. The minimum Gasteiger partial charge on any atom is -0.455 e. The number of fused-ring (bicyclic) bond motifs is 18. The van der Waals surface area contributed by atoms with E-state index in [1.54, 1.807) is 0 Å². The molecule has 0 spiro atoms. The second-order valence-electron chi connectivity index (χ2n) is 29.2. The monoisotopic (exact) mass is 1430 g/mol. The Balaban J connectivity index is 0.0000000991. The molecule has 0 radical (unpaired) electrons. The van der Waals surface area contributed by atoms with E-state index in [0.717, 1.165) is 148 Å². The summed E-state index contributed by atoms with van der Waals surface area (Å²) >= 11 is 3.63. The third-order valence-corrected chi connectivity index (χ3v) is 26.1. The zero-order valence-electron chi connectivity index (χ0n) is 58.8. The van der Waals surface area contributed by atoms with Gasteiger partial charge in [0.25, 0.3) is 0 Å². The molecular formula is C104H56O4S2. The molecule has 22 aromatic carbocycles. The minimum atomic E-state index is 0.128. The van der Waals surface area contributed by atoms with Crippen LogP contribution in [0.5, 0.6) is 0 Å². The summed E-state index contributed by atoms with van der Waals surface area (Å²) < 4.78 is 18.1. The average molecular weight is 1430 g/mol. The third kappa shape index (κ3) is 8.60. The highest BCUT2D eigenvalue weighted by molar-refractivity contribution is 7.26. The lowest BCUT2D eigenvalue weighted by Gasteiger charge is -2.13. The maximum absolute atomic E-state index is 15.2. The number of thiophene rings is 2. The molecule has 110 heavy (non-hydrogen) atoms. The Morgan fingerprint density at radius 1 is 0.182 bits per heavy atom. The van der Waals surface area contributed by atoms with Crippen molar-refractivity contribution in [3.63, 3.8) is 0 Å². The molecule has 0 aliphatic rings. The van der Waals surface area contributed by atoms with Gasteiger partial charge in [-0.2, -0.15) is 0 Å². The first-order chi connectivity index (χ1) is 54.5. The third-order valence-electron chi connectivity index (χ3n) is 23.6. The van der Waals surface area contributed by atoms with Crippen molar-refractivity contribution in [3.05, 3.63) is 360 Å². The maximum Gasteiger partial charge on any atom is 0.195 e. The van der Waals surface area contributed by atoms with E-state index in [4.69, 9.17) is 8.83 Å². The molecule has 6 heteroatoms. The van der Waals surface area contributed by atoms with E-state index >= 15 is 4.79 Å². The number of hydrogen-bond acceptors (Lipinski definition) is 6. The fourth-order valence-electron chi connectivity index (χ4n) is 18.9. The number of rotatable bonds is 5. The van der Waals surface area contributed by atoms with Gasteiger partial charge in [0.05, 0.1) is 0 Å². The van der Waals surface area contributed by atoms with Crippen molar-refractivity contribution >= 4 is 215 Å². The summed E-state index contributed by atoms with van der Waals surface area (Å²) in [7, 11) is 0. The molecule has 508 valence electrons. The van der Waals surface area contributed by atoms with Gasteiger partial charge in [0.1, 0.15) is 22.3 Å². The Morgan fingerprint density at radius 3 is 1.05 bits per heavy atom. The predicted molar refractivity (Wildman–Crippen MR) is 470 cm³/mol. The molecule has 4 aromatic heterocycles. The van der Waals surface area contributed by atoms with E-state index < -0.39 is 0 Å². The smallest absolute Gasteiger partial charge is 0.195 e. The zero-order chi connectivity index (χ0) is 72.1. The molecule has 0 atom stereocenters. The summed E-state index contributed by atoms with van der Waals surface area (Å²) in [6, 6.07) is 120. The van der Waals surface area contributed by atoms with Crippen LogP contribution in [-0.2, 0) is 0 Å². The fourth-order valence-corrected chi connectivity index (χ4v) is 21.4. The Labute approximate surface area is 634 Å². The van der Waals surface area contributed by atoms with Crippen LogP contribution in [0.15, 0.2) is 358 Å². The van der Waals surface area contributed by atoms with Gasteiger partial charge < -0.3 is 8.83 Å². The van der Waals surface area contributed by atoms with Crippen molar-refractivity contribution in [1.29, 1.82) is 0 Å². The molecular weight excluding hydrogens is 1380 g/mol. The minimum absolute atomic E-state index is 0.128. The lowest BCUT2D eigenvalue weighted by Crippen LogP contribution is -1.98. The number of benzene rings is 20. The van der Waals surface area contributed by atoms with E-state index in [9.17, 15) is 4.79 Å². The van der Waals surface area contributed by atoms with Crippen LogP contribution in [0.2, 0.25) is 0 Å². The van der Waals surface area contributed by atoms with E-state index in [0.29, 0.717) is 0 Å². The molecule has 0 aliphatic heterocycles. The summed E-state index contributed by atoms with van der Waals surface area (Å²) in [6.07, 6.45) is 0. The topological polar surface area (TPSA) is 60.4 Å². The second kappa shape index (κ2) is 23.3. The van der Waals surface area contributed by atoms with Crippen LogP contribution in [-0.4, -0.2) is 0 Å². The second-order valence-corrected chi connectivity index (χ2v) is 31.3. The quantitative estimate of drug-likeness (QED) is 0.161. The van der Waals surface area contributed by atoms with Gasteiger partial charge in [0.2, 0.25) is 0 Å². The van der Waals surface area contributed by atoms with Crippen molar-refractivity contribution in [3.8, 4) is 55.6 Å². The van der Waals surface area contributed by atoms with Crippen LogP contribution >= 0.6 is 22.7 Å². The van der Waals surface area contributed by atoms with Crippen LogP contribution in [0.1, 0.15) is 0 Å². The van der Waals surface area contributed by atoms with Crippen molar-refractivity contribution in [2.24, 2.45) is 0 Å². The Kier molecular flexibility index (Phi) is 13.0. The molecule has 0 saturated heterocycles. The van der Waals surface area contributed by atoms with Gasteiger partial charge in [-0.3, -0.25) is 9.59 Å². The van der Waals surface area contributed by atoms with Crippen LogP contribution in [0.3, 0.4) is 0 Å². The molecule has 0 saturated carbocycles. The lowest BCUT2D eigenvalue weighted by atomic mass is 9.90. The number of hydrogen-bond donors (Lipinski definition) is 0. The highest BCUT2D eigenvalue weighted by Crippen LogP contribution is 2.53. The summed E-state index contributed by atoms with van der Waals surface area (Å²) in [5, 5.41) is 31.7. The van der Waals surface area contributed by atoms with Gasteiger partial charge >= 0.3 is 0 Å². The first-order valence-electron chi connectivity index (χ1n) is 37.4. The van der Waals surface area contributed by atoms with Crippen LogP contribution in [0.25, 0.3) is 248 Å². The summed E-state index contributed by atoms with van der Waals surface area (Å²) in [4.78, 5) is 28.3. The van der Waals surface area contributed by atoms with Crippen molar-refractivity contribution < 1.29 is 8.83 Å². The first kappa shape index (κ1) is 61.3. The summed E-state index contributed by atoms with van der Waals surface area (Å²) in [5.74, 6) is 0. The molecule has 26 rings (SSSR count). The maximum atomic E-state index is 15.2.